The molecule has 1 aromatic rings. The summed E-state index contributed by atoms with van der Waals surface area (Å²) in [4.78, 5) is 33.7. The molecule has 3 heterocycles. The van der Waals surface area contributed by atoms with Crippen LogP contribution in [0.3, 0.4) is 0 Å². The highest BCUT2D eigenvalue weighted by Gasteiger charge is 2.43. The number of amides is 2. The number of piperidine rings is 1. The molecule has 2 saturated heterocycles. The fourth-order valence-corrected chi connectivity index (χ4v) is 4.98. The maximum absolute atomic E-state index is 12.9. The number of hydrogen-bond donors (Lipinski definition) is 0. The average Bonchev–Trinajstić information content (AvgIpc) is 3.19. The summed E-state index contributed by atoms with van der Waals surface area (Å²) in [7, 11) is 0. The van der Waals surface area contributed by atoms with Crippen molar-refractivity contribution in [2.45, 2.75) is 57.4 Å². The zero-order valence-electron chi connectivity index (χ0n) is 14.2. The molecule has 0 bridgehead atoms. The number of carbonyl (C=O) groups excluding carboxylic acids is 2. The van der Waals surface area contributed by atoms with Crippen LogP contribution in [0.15, 0.2) is 5.38 Å². The molecule has 6 heteroatoms. The second kappa shape index (κ2) is 6.47. The largest absolute Gasteiger partial charge is 0.342 e. The van der Waals surface area contributed by atoms with E-state index in [1.807, 2.05) is 9.80 Å². The zero-order chi connectivity index (χ0) is 16.7. The summed E-state index contributed by atoms with van der Waals surface area (Å²) >= 11 is 1.73. The summed E-state index contributed by atoms with van der Waals surface area (Å²) in [5, 5.41) is 3.31. The van der Waals surface area contributed by atoms with E-state index in [1.54, 1.807) is 11.3 Å². The average molecular weight is 347 g/mol. The van der Waals surface area contributed by atoms with Gasteiger partial charge in [-0.3, -0.25) is 9.59 Å². The van der Waals surface area contributed by atoms with Crippen molar-refractivity contribution in [3.63, 3.8) is 0 Å². The monoisotopic (exact) mass is 347 g/mol. The lowest BCUT2D eigenvalue weighted by Crippen LogP contribution is -2.43. The molecular formula is C18H25N3O2S. The van der Waals surface area contributed by atoms with Crippen molar-refractivity contribution in [2.24, 2.45) is 5.92 Å². The summed E-state index contributed by atoms with van der Waals surface area (Å²) in [6.07, 6.45) is 5.74. The molecule has 1 aromatic heterocycles. The summed E-state index contributed by atoms with van der Waals surface area (Å²) in [6.45, 7) is 4.36. The molecule has 1 aliphatic carbocycles. The van der Waals surface area contributed by atoms with Crippen molar-refractivity contribution in [1.82, 2.24) is 14.8 Å². The highest BCUT2D eigenvalue weighted by molar-refractivity contribution is 7.09. The van der Waals surface area contributed by atoms with Gasteiger partial charge in [0.25, 0.3) is 0 Å². The van der Waals surface area contributed by atoms with Gasteiger partial charge in [0.15, 0.2) is 0 Å². The number of thiazole rings is 1. The Morgan fingerprint density at radius 3 is 2.88 bits per heavy atom. The van der Waals surface area contributed by atoms with Gasteiger partial charge in [0, 0.05) is 43.4 Å². The molecule has 1 saturated carbocycles. The van der Waals surface area contributed by atoms with E-state index in [-0.39, 0.29) is 17.7 Å². The molecular weight excluding hydrogens is 322 g/mol. The third-order valence-corrected chi connectivity index (χ3v) is 6.57. The smallest absolute Gasteiger partial charge is 0.228 e. The molecule has 2 unspecified atom stereocenters. The zero-order valence-corrected chi connectivity index (χ0v) is 15.1. The minimum absolute atomic E-state index is 0.126. The van der Waals surface area contributed by atoms with Crippen molar-refractivity contribution in [3.8, 4) is 0 Å². The molecule has 0 radical (unpaired) electrons. The molecule has 2 amide bonds. The molecule has 24 heavy (non-hydrogen) atoms. The lowest BCUT2D eigenvalue weighted by atomic mass is 9.96. The fraction of sp³-hybridized carbons (Fsp3) is 0.722. The Morgan fingerprint density at radius 1 is 1.33 bits per heavy atom. The fourth-order valence-electron chi connectivity index (χ4n) is 3.95. The molecule has 4 rings (SSSR count). The SMILES string of the molecule is CCc1csc(C2CCCN(C(=O)C3CC(=O)N(C4CC4)C3)C2)n1. The Hall–Kier alpha value is -1.43. The van der Waals surface area contributed by atoms with Crippen LogP contribution in [-0.4, -0.2) is 52.3 Å². The van der Waals surface area contributed by atoms with Crippen molar-refractivity contribution < 1.29 is 9.59 Å². The van der Waals surface area contributed by atoms with E-state index in [2.05, 4.69) is 12.3 Å². The number of rotatable bonds is 4. The molecule has 0 aromatic carbocycles. The molecule has 3 fully saturated rings. The number of aromatic nitrogens is 1. The van der Waals surface area contributed by atoms with Crippen LogP contribution >= 0.6 is 11.3 Å². The molecule has 5 nitrogen and oxygen atoms in total. The van der Waals surface area contributed by atoms with Crippen LogP contribution < -0.4 is 0 Å². The van der Waals surface area contributed by atoms with Gasteiger partial charge in [-0.15, -0.1) is 11.3 Å². The van der Waals surface area contributed by atoms with E-state index in [0.717, 1.165) is 50.9 Å². The Balaban J connectivity index is 1.40. The standard InChI is InChI=1S/C18H25N3O2S/c1-2-14-11-24-17(19-14)12-4-3-7-20(9-12)18(23)13-8-16(22)21(10-13)15-5-6-15/h11-13,15H,2-10H2,1H3. The van der Waals surface area contributed by atoms with Gasteiger partial charge < -0.3 is 9.80 Å². The Bertz CT molecular complexity index is 640. The van der Waals surface area contributed by atoms with Crippen LogP contribution in [0.1, 0.15) is 55.6 Å². The van der Waals surface area contributed by atoms with Crippen LogP contribution in [0.5, 0.6) is 0 Å². The molecule has 3 aliphatic rings. The predicted molar refractivity (Wildman–Crippen MR) is 92.9 cm³/mol. The van der Waals surface area contributed by atoms with E-state index in [4.69, 9.17) is 4.98 Å². The minimum atomic E-state index is -0.126. The van der Waals surface area contributed by atoms with Gasteiger partial charge in [0.05, 0.1) is 16.6 Å². The first-order chi connectivity index (χ1) is 11.7. The summed E-state index contributed by atoms with van der Waals surface area (Å²) in [5.41, 5.74) is 1.15. The molecule has 0 spiro atoms. The van der Waals surface area contributed by atoms with Gasteiger partial charge >= 0.3 is 0 Å². The normalized spacial score (nSPS) is 27.8. The van der Waals surface area contributed by atoms with E-state index in [0.29, 0.717) is 24.9 Å². The Labute approximate surface area is 147 Å². The van der Waals surface area contributed by atoms with Crippen molar-refractivity contribution >= 4 is 23.2 Å². The second-order valence-corrected chi connectivity index (χ2v) is 8.22. The van der Waals surface area contributed by atoms with Crippen molar-refractivity contribution in [1.29, 1.82) is 0 Å². The third-order valence-electron chi connectivity index (χ3n) is 5.51. The van der Waals surface area contributed by atoms with Crippen LogP contribution in [-0.2, 0) is 16.0 Å². The first-order valence-electron chi connectivity index (χ1n) is 9.18. The second-order valence-electron chi connectivity index (χ2n) is 7.33. The lowest BCUT2D eigenvalue weighted by molar-refractivity contribution is -0.137. The van der Waals surface area contributed by atoms with Crippen LogP contribution in [0.2, 0.25) is 0 Å². The number of carbonyl (C=O) groups is 2. The first-order valence-corrected chi connectivity index (χ1v) is 10.1. The van der Waals surface area contributed by atoms with Crippen LogP contribution in [0, 0.1) is 5.92 Å². The van der Waals surface area contributed by atoms with Gasteiger partial charge in [0.1, 0.15) is 0 Å². The number of likely N-dealkylation sites (tertiary alicyclic amines) is 2. The van der Waals surface area contributed by atoms with Crippen molar-refractivity contribution in [2.75, 3.05) is 19.6 Å². The van der Waals surface area contributed by atoms with Crippen LogP contribution in [0.4, 0.5) is 0 Å². The third kappa shape index (κ3) is 3.08. The van der Waals surface area contributed by atoms with Gasteiger partial charge in [-0.05, 0) is 32.1 Å². The molecule has 2 atom stereocenters. The van der Waals surface area contributed by atoms with Gasteiger partial charge in [0.2, 0.25) is 11.8 Å². The highest BCUT2D eigenvalue weighted by Crippen LogP contribution is 2.35. The van der Waals surface area contributed by atoms with Gasteiger partial charge in [-0.25, -0.2) is 4.98 Å². The number of aryl methyl sites for hydroxylation is 1. The quantitative estimate of drug-likeness (QED) is 0.840. The highest BCUT2D eigenvalue weighted by atomic mass is 32.1. The van der Waals surface area contributed by atoms with E-state index in [1.165, 1.54) is 5.01 Å². The molecule has 0 N–H and O–H groups in total. The summed E-state index contributed by atoms with van der Waals surface area (Å²) in [6, 6.07) is 0.423. The lowest BCUT2D eigenvalue weighted by Gasteiger charge is -2.33. The van der Waals surface area contributed by atoms with Gasteiger partial charge in [-0.2, -0.15) is 0 Å². The topological polar surface area (TPSA) is 53.5 Å². The Morgan fingerprint density at radius 2 is 2.17 bits per heavy atom. The maximum atomic E-state index is 12.9. The summed E-state index contributed by atoms with van der Waals surface area (Å²) in [5.74, 6) is 0.601. The van der Waals surface area contributed by atoms with Crippen LogP contribution in [0.25, 0.3) is 0 Å². The molecule has 2 aliphatic heterocycles. The van der Waals surface area contributed by atoms with E-state index < -0.39 is 0 Å². The maximum Gasteiger partial charge on any atom is 0.228 e. The predicted octanol–water partition coefficient (Wildman–Crippen LogP) is 2.42. The Kier molecular flexibility index (Phi) is 4.33. The van der Waals surface area contributed by atoms with E-state index >= 15 is 0 Å². The first kappa shape index (κ1) is 16.1. The number of hydrogen-bond acceptors (Lipinski definition) is 4. The number of nitrogens with zero attached hydrogens (tertiary/aromatic N) is 3. The summed E-state index contributed by atoms with van der Waals surface area (Å²) < 4.78 is 0. The van der Waals surface area contributed by atoms with E-state index in [9.17, 15) is 9.59 Å². The molecule has 130 valence electrons. The van der Waals surface area contributed by atoms with Crippen molar-refractivity contribution in [3.05, 3.63) is 16.1 Å². The minimum Gasteiger partial charge on any atom is -0.342 e. The van der Waals surface area contributed by atoms with Gasteiger partial charge in [-0.1, -0.05) is 6.92 Å².